The van der Waals surface area contributed by atoms with Crippen LogP contribution in [-0.2, 0) is 111 Å². The molecule has 6 heterocycles. The van der Waals surface area contributed by atoms with E-state index in [1.165, 1.54) is 32.5 Å². The lowest BCUT2D eigenvalue weighted by Crippen LogP contribution is -2.46. The summed E-state index contributed by atoms with van der Waals surface area (Å²) < 4.78 is 125. The highest BCUT2D eigenvalue weighted by Crippen LogP contribution is 2.63. The minimum absolute atomic E-state index is 0.0167. The molecule has 4 aromatic rings. The van der Waals surface area contributed by atoms with Crippen LogP contribution in [0.1, 0.15) is 85.6 Å². The molecule has 4 aromatic heterocycles. The Hall–Kier alpha value is -5.54. The van der Waals surface area contributed by atoms with Crippen LogP contribution in [0.25, 0.3) is 22.3 Å². The molecule has 2 aliphatic heterocycles. The van der Waals surface area contributed by atoms with Crippen LogP contribution >= 0.6 is 69.6 Å². The van der Waals surface area contributed by atoms with Crippen LogP contribution in [-0.4, -0.2) is 263 Å². The number of carbonyl (C=O) groups excluding carboxylic acids is 8. The Kier molecular flexibility index (Phi) is 33.7. The number of amides is 4. The fourth-order valence-electron chi connectivity index (χ4n) is 9.87. The number of thioether (sulfide) groups is 1. The summed E-state index contributed by atoms with van der Waals surface area (Å²) in [5.74, 6) is -4.63. The Morgan fingerprint density at radius 3 is 1.35 bits per heavy atom. The highest BCUT2D eigenvalue weighted by molar-refractivity contribution is 8.41. The number of nitrogens with one attached hydrogen (secondary N) is 4. The van der Waals surface area contributed by atoms with Gasteiger partial charge in [0.05, 0.1) is 51.9 Å². The van der Waals surface area contributed by atoms with E-state index in [0.717, 1.165) is 48.3 Å². The van der Waals surface area contributed by atoms with E-state index in [2.05, 4.69) is 68.8 Å². The third-order valence-electron chi connectivity index (χ3n) is 15.6. The fraction of sp³-hybridized carbons (Fsp3) is 0.654. The van der Waals surface area contributed by atoms with Gasteiger partial charge in [0.1, 0.15) is 84.1 Å². The molecule has 58 heteroatoms. The van der Waals surface area contributed by atoms with Gasteiger partial charge in [0.25, 0.3) is 0 Å². The van der Waals surface area contributed by atoms with E-state index in [-0.39, 0.29) is 90.1 Å². The summed E-state index contributed by atoms with van der Waals surface area (Å²) in [6, 6.07) is 0. The number of phosphoric acid groups is 6. The number of nitrogens with two attached hydrogens (primary N) is 2. The third-order valence-corrected chi connectivity index (χ3v) is 25.0. The summed E-state index contributed by atoms with van der Waals surface area (Å²) in [6.07, 6.45) is -16.8. The van der Waals surface area contributed by atoms with E-state index >= 15 is 0 Å². The maximum atomic E-state index is 13.4. The molecule has 2 aliphatic rings. The number of imidazole rings is 2. The molecule has 50 nitrogen and oxygen atoms in total. The molecule has 2 saturated heterocycles. The number of aromatic nitrogens is 8. The molecule has 20 N–H and O–H groups in total. The first-order chi connectivity index (χ1) is 50.9. The number of carbonyl (C=O) groups is 8. The van der Waals surface area contributed by atoms with Gasteiger partial charge >= 0.3 is 46.9 Å². The SMILES string of the molecule is CCC(=O)CC(=O)[SH](CCNC(=O)CCNC(=O)C(O)C(C)(C)COP(=O)(O)OP(=O)(O)OC[C@H]1O[C@@H](n2cnc3c(N)ncnc32)[C@H](O)[C@@H]1OP(=O)(O)O)C(=O)CC(=O)CCSCCNC(=O)CCNC(=O)C(O)C(C)(C)COP(=O)(O)OP(=O)(O)OC[C@H]1O[C@@H](n2cnc3c(N)ncnc32)[C@H](O)[C@@H]1OP(=O)(O)O. The van der Waals surface area contributed by atoms with Crippen LogP contribution in [0, 0.1) is 10.8 Å². The molecule has 4 amide bonds. The van der Waals surface area contributed by atoms with Crippen LogP contribution in [0.3, 0.4) is 0 Å². The summed E-state index contributed by atoms with van der Waals surface area (Å²) >= 11 is 1.20. The molecule has 7 unspecified atom stereocenters. The molecule has 0 radical (unpaired) electrons. The van der Waals surface area contributed by atoms with Crippen molar-refractivity contribution in [3.05, 3.63) is 25.3 Å². The molecule has 0 spiro atoms. The van der Waals surface area contributed by atoms with E-state index in [1.807, 2.05) is 0 Å². The Bertz CT molecular complexity index is 4270. The molecule has 110 heavy (non-hydrogen) atoms. The van der Waals surface area contributed by atoms with Crippen molar-refractivity contribution in [2.75, 3.05) is 81.3 Å². The standard InChI is InChI=1S/C52H84N14O36P6S2/c1-6-27(67)17-33(71)110(16-13-56-32(70)8-11-58-48(78)42(76)52(4,5)22-96-108(91,92)102-106(87,88)94-20-30-40(100-104(82,83)84)38(74)50(98-30)66-26-64-36-44(54)60-24-62-46(36)66)34(72)18-28(68)9-14-109-15-12-55-31(69)7-10-57-47(77)41(75)51(2,3)21-95-107(89,90)101-105(85,86)93-19-29-39(99-103(79,80)81)37(73)49(97-29)65-25-63-35-43(53)59-23-61-45(35)65/h23-26,29-30,37-42,49-50,73-76,110H,6-22H2,1-5H3,(H,55,69)(H,56,70)(H,57,77)(H,58,78)(H,85,86)(H,87,88)(H,89,90)(H,91,92)(H2,53,59,61)(H2,54,60,62)(H2,79,80,81)(H2,82,83,84)/t29-,30-,37-,38-,39-,40-,41?,42?,49-,50-/m1/s1. The van der Waals surface area contributed by atoms with Crippen molar-refractivity contribution in [2.45, 2.75) is 134 Å². The van der Waals surface area contributed by atoms with Gasteiger partial charge in [0, 0.05) is 80.0 Å². The number of fused-ring (bicyclic) bond motifs is 2. The van der Waals surface area contributed by atoms with E-state index in [4.69, 9.17) is 39.0 Å². The summed E-state index contributed by atoms with van der Waals surface area (Å²) in [6.45, 7) is 0.741. The van der Waals surface area contributed by atoms with Crippen molar-refractivity contribution >= 4 is 149 Å². The normalized spacial score (nSPS) is 22.4. The lowest BCUT2D eigenvalue weighted by atomic mass is 9.87. The van der Waals surface area contributed by atoms with Crippen molar-refractivity contribution in [3.63, 3.8) is 0 Å². The third kappa shape index (κ3) is 28.2. The molecular weight excluding hydrogens is 1650 g/mol. The smallest absolute Gasteiger partial charge is 0.386 e. The summed E-state index contributed by atoms with van der Waals surface area (Å²) in [5, 5.41) is 51.6. The van der Waals surface area contributed by atoms with Gasteiger partial charge in [-0.25, -0.2) is 57.3 Å². The average Bonchev–Trinajstić information content (AvgIpc) is 1.62. The van der Waals surface area contributed by atoms with Crippen LogP contribution in [0.15, 0.2) is 25.3 Å². The minimum Gasteiger partial charge on any atom is -0.386 e. The maximum absolute atomic E-state index is 13.4. The number of aliphatic hydroxyl groups is 4. The number of hydrogen-bond acceptors (Lipinski definition) is 37. The maximum Gasteiger partial charge on any atom is 0.481 e. The van der Waals surface area contributed by atoms with Gasteiger partial charge in [-0.3, -0.25) is 74.6 Å². The first kappa shape index (κ1) is 93.3. The summed E-state index contributed by atoms with van der Waals surface area (Å²) in [5.41, 5.74) is 8.08. The van der Waals surface area contributed by atoms with Gasteiger partial charge in [-0.05, 0) is 0 Å². The molecular formula is C52H84N14O36P6S2. The van der Waals surface area contributed by atoms with Gasteiger partial charge in [-0.15, -0.1) is 10.9 Å². The molecule has 0 aromatic carbocycles. The Balaban J connectivity index is 0.839. The fourth-order valence-corrected chi connectivity index (χ4v) is 18.2. The molecule has 15 atom stereocenters. The number of nitrogen functional groups attached to an aromatic ring is 2. The quantitative estimate of drug-likeness (QED) is 0.00928. The highest BCUT2D eigenvalue weighted by atomic mass is 32.2. The van der Waals surface area contributed by atoms with Crippen molar-refractivity contribution in [1.82, 2.24) is 60.3 Å². The molecule has 620 valence electrons. The average molecular weight is 1730 g/mol. The van der Waals surface area contributed by atoms with Crippen LogP contribution < -0.4 is 32.7 Å². The number of rotatable bonds is 46. The van der Waals surface area contributed by atoms with E-state index in [0.29, 0.717) is 0 Å². The predicted molar refractivity (Wildman–Crippen MR) is 375 cm³/mol. The lowest BCUT2D eigenvalue weighted by Gasteiger charge is -2.30. The van der Waals surface area contributed by atoms with Gasteiger partial charge in [0.2, 0.25) is 23.6 Å². The molecule has 0 aliphatic carbocycles. The van der Waals surface area contributed by atoms with Crippen molar-refractivity contribution in [3.8, 4) is 0 Å². The second-order valence-electron chi connectivity index (χ2n) is 25.2. The molecule has 0 bridgehead atoms. The topological polar surface area (TPSA) is 761 Å². The van der Waals surface area contributed by atoms with E-state index < -0.39 is 228 Å². The van der Waals surface area contributed by atoms with E-state index in [1.54, 1.807) is 0 Å². The second-order valence-corrected chi connectivity index (χ2v) is 37.2. The molecule has 6 rings (SSSR count). The number of ketones is 2. The van der Waals surface area contributed by atoms with E-state index in [9.17, 15) is 125 Å². The number of Topliss-reactive ketones (excluding diaryl/α,β-unsaturated/α-hetero) is 2. The zero-order valence-corrected chi connectivity index (χ0v) is 65.6. The Morgan fingerprint density at radius 1 is 0.555 bits per heavy atom. The van der Waals surface area contributed by atoms with Crippen molar-refractivity contribution in [1.29, 1.82) is 0 Å². The monoisotopic (exact) mass is 1730 g/mol. The number of thiol groups is 1. The van der Waals surface area contributed by atoms with Crippen LogP contribution in [0.5, 0.6) is 0 Å². The second kappa shape index (κ2) is 39.7. The zero-order valence-electron chi connectivity index (χ0n) is 58.5. The summed E-state index contributed by atoms with van der Waals surface area (Å²) in [7, 11) is -35.8. The van der Waals surface area contributed by atoms with Crippen LogP contribution in [0.4, 0.5) is 11.6 Å². The lowest BCUT2D eigenvalue weighted by molar-refractivity contribution is -0.137. The van der Waals surface area contributed by atoms with Crippen LogP contribution in [0.2, 0.25) is 0 Å². The number of ether oxygens (including phenoxy) is 2. The minimum atomic E-state index is -5.70. The summed E-state index contributed by atoms with van der Waals surface area (Å²) in [4.78, 5) is 206. The van der Waals surface area contributed by atoms with Crippen molar-refractivity contribution in [2.24, 2.45) is 10.8 Å². The first-order valence-electron chi connectivity index (χ1n) is 32.2. The molecule has 2 fully saturated rings. The highest BCUT2D eigenvalue weighted by Gasteiger charge is 2.53. The Labute approximate surface area is 629 Å². The van der Waals surface area contributed by atoms with Gasteiger partial charge < -0.3 is 102 Å². The number of nitrogens with zero attached hydrogens (tertiary/aromatic N) is 8. The van der Waals surface area contributed by atoms with Gasteiger partial charge in [0.15, 0.2) is 45.6 Å². The predicted octanol–water partition coefficient (Wildman–Crippen LogP) is -2.67. The number of hydrogen-bond donors (Lipinski definition) is 19. The van der Waals surface area contributed by atoms with Gasteiger partial charge in [-0.1, -0.05) is 34.6 Å². The zero-order chi connectivity index (χ0) is 82.3. The number of aliphatic hydroxyl groups excluding tert-OH is 4. The van der Waals surface area contributed by atoms with Crippen molar-refractivity contribution < 1.29 is 171 Å². The van der Waals surface area contributed by atoms with Gasteiger partial charge in [-0.2, -0.15) is 20.4 Å². The Morgan fingerprint density at radius 2 is 0.945 bits per heavy atom. The first-order valence-corrected chi connectivity index (χ1v) is 43.9. The largest absolute Gasteiger partial charge is 0.481 e. The number of phosphoric ester groups is 6. The molecule has 0 saturated carbocycles. The number of anilines is 2.